The standard InChI is InChI=1S/C14H13BrFN3O/c1-17-13-12(16)10(6-7-18-13)14(20)19-8-9-4-2-3-5-11(9)15/h2-7H,8H2,1H3,(H,17,18)(H,19,20). The Morgan fingerprint density at radius 2 is 2.10 bits per heavy atom. The average Bonchev–Trinajstić information content (AvgIpc) is 2.46. The van der Waals surface area contributed by atoms with E-state index in [1.165, 1.54) is 12.3 Å². The van der Waals surface area contributed by atoms with Gasteiger partial charge in [0.1, 0.15) is 0 Å². The summed E-state index contributed by atoms with van der Waals surface area (Å²) in [6.07, 6.45) is 1.39. The number of amides is 1. The van der Waals surface area contributed by atoms with E-state index in [-0.39, 0.29) is 11.4 Å². The molecule has 104 valence electrons. The van der Waals surface area contributed by atoms with Crippen LogP contribution in [0.1, 0.15) is 15.9 Å². The number of nitrogens with one attached hydrogen (secondary N) is 2. The summed E-state index contributed by atoms with van der Waals surface area (Å²) >= 11 is 3.39. The van der Waals surface area contributed by atoms with E-state index in [0.717, 1.165) is 10.0 Å². The van der Waals surface area contributed by atoms with Crippen molar-refractivity contribution in [2.75, 3.05) is 12.4 Å². The first-order valence-electron chi connectivity index (χ1n) is 5.97. The van der Waals surface area contributed by atoms with Gasteiger partial charge in [0.15, 0.2) is 11.6 Å². The summed E-state index contributed by atoms with van der Waals surface area (Å²) in [6.45, 7) is 0.316. The molecular weight excluding hydrogens is 325 g/mol. The number of nitrogens with zero attached hydrogens (tertiary/aromatic N) is 1. The Labute approximate surface area is 124 Å². The summed E-state index contributed by atoms with van der Waals surface area (Å²) in [5, 5.41) is 5.28. The first-order valence-corrected chi connectivity index (χ1v) is 6.76. The molecule has 0 bridgehead atoms. The zero-order chi connectivity index (χ0) is 14.5. The molecule has 0 aliphatic heterocycles. The van der Waals surface area contributed by atoms with E-state index >= 15 is 0 Å². The highest BCUT2D eigenvalue weighted by Gasteiger charge is 2.15. The minimum Gasteiger partial charge on any atom is -0.371 e. The van der Waals surface area contributed by atoms with Crippen LogP contribution in [0.15, 0.2) is 41.0 Å². The van der Waals surface area contributed by atoms with Crippen molar-refractivity contribution < 1.29 is 9.18 Å². The van der Waals surface area contributed by atoms with Crippen molar-refractivity contribution in [3.63, 3.8) is 0 Å². The van der Waals surface area contributed by atoms with E-state index in [1.807, 2.05) is 24.3 Å². The van der Waals surface area contributed by atoms with Gasteiger partial charge in [0.2, 0.25) is 0 Å². The number of aromatic nitrogens is 1. The van der Waals surface area contributed by atoms with E-state index < -0.39 is 11.7 Å². The molecule has 6 heteroatoms. The van der Waals surface area contributed by atoms with Gasteiger partial charge in [-0.3, -0.25) is 4.79 Å². The van der Waals surface area contributed by atoms with E-state index in [2.05, 4.69) is 31.5 Å². The summed E-state index contributed by atoms with van der Waals surface area (Å²) < 4.78 is 14.8. The van der Waals surface area contributed by atoms with Crippen molar-refractivity contribution >= 4 is 27.7 Å². The molecular formula is C14H13BrFN3O. The third-order valence-corrected chi connectivity index (χ3v) is 3.54. The molecule has 1 heterocycles. The van der Waals surface area contributed by atoms with Crippen LogP contribution in [0.2, 0.25) is 0 Å². The van der Waals surface area contributed by atoms with Crippen LogP contribution in [0.3, 0.4) is 0 Å². The summed E-state index contributed by atoms with van der Waals surface area (Å²) in [4.78, 5) is 15.8. The van der Waals surface area contributed by atoms with Crippen molar-refractivity contribution in [2.24, 2.45) is 0 Å². The Balaban J connectivity index is 2.12. The molecule has 0 fully saturated rings. The van der Waals surface area contributed by atoms with Crippen LogP contribution < -0.4 is 10.6 Å². The van der Waals surface area contributed by atoms with Crippen LogP contribution in [-0.2, 0) is 6.54 Å². The molecule has 0 spiro atoms. The van der Waals surface area contributed by atoms with E-state index in [9.17, 15) is 9.18 Å². The van der Waals surface area contributed by atoms with Crippen molar-refractivity contribution in [2.45, 2.75) is 6.54 Å². The molecule has 20 heavy (non-hydrogen) atoms. The van der Waals surface area contributed by atoms with Gasteiger partial charge < -0.3 is 10.6 Å². The van der Waals surface area contributed by atoms with Crippen LogP contribution in [-0.4, -0.2) is 17.9 Å². The number of hydrogen-bond acceptors (Lipinski definition) is 3. The number of halogens is 2. The maximum atomic E-state index is 13.9. The van der Waals surface area contributed by atoms with E-state index in [1.54, 1.807) is 7.05 Å². The molecule has 0 aliphatic rings. The summed E-state index contributed by atoms with van der Waals surface area (Å²) in [6, 6.07) is 8.88. The van der Waals surface area contributed by atoms with Gasteiger partial charge in [-0.1, -0.05) is 34.1 Å². The molecule has 0 saturated heterocycles. The first kappa shape index (κ1) is 14.5. The number of carbonyl (C=O) groups is 1. The highest BCUT2D eigenvalue weighted by atomic mass is 79.9. The monoisotopic (exact) mass is 337 g/mol. The normalized spacial score (nSPS) is 10.2. The molecule has 1 amide bonds. The number of hydrogen-bond donors (Lipinski definition) is 2. The maximum Gasteiger partial charge on any atom is 0.254 e. The summed E-state index contributed by atoms with van der Waals surface area (Å²) in [5.41, 5.74) is 0.889. The number of rotatable bonds is 4. The molecule has 4 nitrogen and oxygen atoms in total. The van der Waals surface area contributed by atoms with Gasteiger partial charge in [-0.25, -0.2) is 9.37 Å². The first-order chi connectivity index (χ1) is 9.63. The van der Waals surface area contributed by atoms with Crippen molar-refractivity contribution in [1.29, 1.82) is 0 Å². The maximum absolute atomic E-state index is 13.9. The van der Waals surface area contributed by atoms with Gasteiger partial charge >= 0.3 is 0 Å². The lowest BCUT2D eigenvalue weighted by Gasteiger charge is -2.09. The Bertz CT molecular complexity index is 634. The van der Waals surface area contributed by atoms with E-state index in [4.69, 9.17) is 0 Å². The second kappa shape index (κ2) is 6.47. The lowest BCUT2D eigenvalue weighted by Crippen LogP contribution is -2.24. The Hall–Kier alpha value is -1.95. The number of anilines is 1. The fourth-order valence-corrected chi connectivity index (χ4v) is 2.13. The lowest BCUT2D eigenvalue weighted by molar-refractivity contribution is 0.0946. The van der Waals surface area contributed by atoms with Gasteiger partial charge in [-0.05, 0) is 17.7 Å². The van der Waals surface area contributed by atoms with Crippen LogP contribution in [0, 0.1) is 5.82 Å². The molecule has 1 aromatic heterocycles. The molecule has 0 saturated carbocycles. The fourth-order valence-electron chi connectivity index (χ4n) is 1.71. The summed E-state index contributed by atoms with van der Waals surface area (Å²) in [5.74, 6) is -1.07. The molecule has 2 rings (SSSR count). The molecule has 0 radical (unpaired) electrons. The Kier molecular flexibility index (Phi) is 4.68. The molecule has 0 aliphatic carbocycles. The zero-order valence-corrected chi connectivity index (χ0v) is 12.4. The van der Waals surface area contributed by atoms with Crippen LogP contribution in [0.5, 0.6) is 0 Å². The largest absolute Gasteiger partial charge is 0.371 e. The minimum atomic E-state index is -0.653. The minimum absolute atomic E-state index is 0.0311. The molecule has 1 aromatic carbocycles. The van der Waals surface area contributed by atoms with Gasteiger partial charge in [-0.15, -0.1) is 0 Å². The fraction of sp³-hybridized carbons (Fsp3) is 0.143. The van der Waals surface area contributed by atoms with Crippen LogP contribution in [0.4, 0.5) is 10.2 Å². The Morgan fingerprint density at radius 3 is 2.80 bits per heavy atom. The zero-order valence-electron chi connectivity index (χ0n) is 10.8. The molecule has 0 atom stereocenters. The smallest absolute Gasteiger partial charge is 0.254 e. The molecule has 2 N–H and O–H groups in total. The third kappa shape index (κ3) is 3.14. The molecule has 0 unspecified atom stereocenters. The number of pyridine rings is 1. The predicted molar refractivity (Wildman–Crippen MR) is 79.1 cm³/mol. The topological polar surface area (TPSA) is 54.0 Å². The number of benzene rings is 1. The Morgan fingerprint density at radius 1 is 1.35 bits per heavy atom. The van der Waals surface area contributed by atoms with Crippen molar-refractivity contribution in [3.8, 4) is 0 Å². The van der Waals surface area contributed by atoms with Gasteiger partial charge in [0.25, 0.3) is 5.91 Å². The van der Waals surface area contributed by atoms with Crippen molar-refractivity contribution in [3.05, 3.63) is 57.9 Å². The second-order valence-electron chi connectivity index (χ2n) is 4.05. The van der Waals surface area contributed by atoms with Gasteiger partial charge in [0.05, 0.1) is 5.56 Å². The van der Waals surface area contributed by atoms with Crippen LogP contribution in [0.25, 0.3) is 0 Å². The molecule has 2 aromatic rings. The predicted octanol–water partition coefficient (Wildman–Crippen LogP) is 2.95. The average molecular weight is 338 g/mol. The SMILES string of the molecule is CNc1nccc(C(=O)NCc2ccccc2Br)c1F. The number of carbonyl (C=O) groups excluding carboxylic acids is 1. The van der Waals surface area contributed by atoms with Crippen molar-refractivity contribution in [1.82, 2.24) is 10.3 Å². The lowest BCUT2D eigenvalue weighted by atomic mass is 10.2. The quantitative estimate of drug-likeness (QED) is 0.901. The second-order valence-corrected chi connectivity index (χ2v) is 4.90. The van der Waals surface area contributed by atoms with Crippen LogP contribution >= 0.6 is 15.9 Å². The highest BCUT2D eigenvalue weighted by molar-refractivity contribution is 9.10. The van der Waals surface area contributed by atoms with Gasteiger partial charge in [-0.2, -0.15) is 0 Å². The highest BCUT2D eigenvalue weighted by Crippen LogP contribution is 2.17. The third-order valence-electron chi connectivity index (χ3n) is 2.77. The van der Waals surface area contributed by atoms with Gasteiger partial charge in [0, 0.05) is 24.3 Å². The summed E-state index contributed by atoms with van der Waals surface area (Å²) in [7, 11) is 1.55. The van der Waals surface area contributed by atoms with E-state index in [0.29, 0.717) is 6.54 Å².